The van der Waals surface area contributed by atoms with Gasteiger partial charge in [0.15, 0.2) is 6.10 Å². The molecule has 4 atom stereocenters. The summed E-state index contributed by atoms with van der Waals surface area (Å²) in [4.78, 5) is 12.8. The molecule has 0 spiro atoms. The van der Waals surface area contributed by atoms with Crippen LogP contribution in [0.25, 0.3) is 0 Å². The first kappa shape index (κ1) is 21.4. The van der Waals surface area contributed by atoms with E-state index in [9.17, 15) is 9.90 Å². The number of rotatable bonds is 6. The smallest absolute Gasteiger partial charge is 0.339 e. The van der Waals surface area contributed by atoms with Crippen LogP contribution in [0.15, 0.2) is 54.6 Å². The third kappa shape index (κ3) is 4.81. The topological polar surface area (TPSA) is 55.8 Å². The van der Waals surface area contributed by atoms with E-state index in [0.29, 0.717) is 17.2 Å². The number of ether oxygens (including phenoxy) is 2. The summed E-state index contributed by atoms with van der Waals surface area (Å²) in [6, 6.07) is 17.3. The molecule has 0 bridgehead atoms. The maximum Gasteiger partial charge on any atom is 0.339 e. The van der Waals surface area contributed by atoms with Gasteiger partial charge >= 0.3 is 5.97 Å². The van der Waals surface area contributed by atoms with E-state index in [1.54, 1.807) is 31.4 Å². The van der Waals surface area contributed by atoms with Crippen LogP contribution in [-0.4, -0.2) is 24.3 Å². The van der Waals surface area contributed by atoms with Crippen molar-refractivity contribution >= 4 is 5.97 Å². The SMILES string of the molecule is COc1ccc(C(O)C(=O)O[C@@H]2C[C@H](C)CC[C@H]2C(C)(C)c2ccccc2)cc1. The molecular formula is C25H32O4. The zero-order valence-corrected chi connectivity index (χ0v) is 17.8. The maximum absolute atomic E-state index is 12.8. The number of hydrogen-bond donors (Lipinski definition) is 1. The molecule has 1 aliphatic carbocycles. The fraction of sp³-hybridized carbons (Fsp3) is 0.480. The van der Waals surface area contributed by atoms with Crippen molar-refractivity contribution in [1.29, 1.82) is 0 Å². The Balaban J connectivity index is 1.77. The highest BCUT2D eigenvalue weighted by Gasteiger charge is 2.42. The van der Waals surface area contributed by atoms with Gasteiger partial charge in [-0.1, -0.05) is 69.7 Å². The van der Waals surface area contributed by atoms with Crippen LogP contribution < -0.4 is 4.74 Å². The number of carbonyl (C=O) groups excluding carboxylic acids is 1. The van der Waals surface area contributed by atoms with Crippen molar-refractivity contribution in [2.75, 3.05) is 7.11 Å². The Morgan fingerprint density at radius 3 is 2.34 bits per heavy atom. The van der Waals surface area contributed by atoms with Crippen LogP contribution in [0.3, 0.4) is 0 Å². The number of aliphatic hydroxyl groups is 1. The van der Waals surface area contributed by atoms with Crippen molar-refractivity contribution in [1.82, 2.24) is 0 Å². The molecule has 29 heavy (non-hydrogen) atoms. The number of aliphatic hydroxyl groups excluding tert-OH is 1. The molecule has 1 saturated carbocycles. The average molecular weight is 397 g/mol. The molecule has 2 aromatic carbocycles. The molecule has 3 rings (SSSR count). The van der Waals surface area contributed by atoms with Gasteiger partial charge in [-0.25, -0.2) is 4.79 Å². The van der Waals surface area contributed by atoms with E-state index in [1.165, 1.54) is 5.56 Å². The summed E-state index contributed by atoms with van der Waals surface area (Å²) in [7, 11) is 1.58. The van der Waals surface area contributed by atoms with E-state index < -0.39 is 12.1 Å². The summed E-state index contributed by atoms with van der Waals surface area (Å²) in [6.45, 7) is 6.65. The lowest BCUT2D eigenvalue weighted by atomic mass is 9.64. The molecule has 0 radical (unpaired) electrons. The van der Waals surface area contributed by atoms with Gasteiger partial charge in [0.25, 0.3) is 0 Å². The monoisotopic (exact) mass is 396 g/mol. The van der Waals surface area contributed by atoms with Crippen LogP contribution in [0.5, 0.6) is 5.75 Å². The van der Waals surface area contributed by atoms with Gasteiger partial charge in [0, 0.05) is 5.92 Å². The Kier molecular flexibility index (Phi) is 6.63. The zero-order chi connectivity index (χ0) is 21.0. The summed E-state index contributed by atoms with van der Waals surface area (Å²) in [5, 5.41) is 10.5. The first-order chi connectivity index (χ1) is 13.8. The van der Waals surface area contributed by atoms with Gasteiger partial charge in [-0.2, -0.15) is 0 Å². The van der Waals surface area contributed by atoms with Gasteiger partial charge in [0.2, 0.25) is 0 Å². The molecule has 1 aliphatic rings. The van der Waals surface area contributed by atoms with E-state index in [4.69, 9.17) is 9.47 Å². The number of methoxy groups -OCH3 is 1. The highest BCUT2D eigenvalue weighted by molar-refractivity contribution is 5.76. The molecule has 1 unspecified atom stereocenters. The van der Waals surface area contributed by atoms with E-state index >= 15 is 0 Å². The van der Waals surface area contributed by atoms with E-state index in [1.807, 2.05) is 6.07 Å². The molecule has 0 aromatic heterocycles. The lowest BCUT2D eigenvalue weighted by Crippen LogP contribution is -2.44. The standard InChI is InChI=1S/C25H32O4/c1-17-10-15-21(25(2,3)19-8-6-5-7-9-19)22(16-17)29-24(27)23(26)18-11-13-20(28-4)14-12-18/h5-9,11-14,17,21-23,26H,10,15-16H2,1-4H3/t17-,21-,22-,23?/m1/s1. The van der Waals surface area contributed by atoms with Crippen molar-refractivity contribution in [2.45, 2.75) is 57.7 Å². The van der Waals surface area contributed by atoms with Gasteiger partial charge in [0.1, 0.15) is 11.9 Å². The van der Waals surface area contributed by atoms with Crippen molar-refractivity contribution in [3.05, 3.63) is 65.7 Å². The zero-order valence-electron chi connectivity index (χ0n) is 17.8. The second-order valence-corrected chi connectivity index (χ2v) is 8.76. The lowest BCUT2D eigenvalue weighted by molar-refractivity contribution is -0.167. The van der Waals surface area contributed by atoms with Gasteiger partial charge in [-0.05, 0) is 47.4 Å². The van der Waals surface area contributed by atoms with Crippen molar-refractivity contribution < 1.29 is 19.4 Å². The van der Waals surface area contributed by atoms with Crippen LogP contribution in [0.1, 0.15) is 57.3 Å². The number of carbonyl (C=O) groups is 1. The van der Waals surface area contributed by atoms with E-state index in [0.717, 1.165) is 19.3 Å². The molecule has 4 heteroatoms. The van der Waals surface area contributed by atoms with Crippen LogP contribution in [0, 0.1) is 11.8 Å². The Bertz CT molecular complexity index is 797. The fourth-order valence-corrected chi connectivity index (χ4v) is 4.50. The summed E-state index contributed by atoms with van der Waals surface area (Å²) in [6.07, 6.45) is 1.44. The molecule has 2 aromatic rings. The number of hydrogen-bond acceptors (Lipinski definition) is 4. The van der Waals surface area contributed by atoms with E-state index in [2.05, 4.69) is 45.0 Å². The molecule has 1 N–H and O–H groups in total. The normalized spacial score (nSPS) is 23.3. The highest BCUT2D eigenvalue weighted by atomic mass is 16.6. The van der Waals surface area contributed by atoms with Crippen molar-refractivity contribution in [3.63, 3.8) is 0 Å². The lowest BCUT2D eigenvalue weighted by Gasteiger charge is -2.44. The Morgan fingerprint density at radius 1 is 1.07 bits per heavy atom. The van der Waals surface area contributed by atoms with Crippen LogP contribution in [0.4, 0.5) is 0 Å². The summed E-state index contributed by atoms with van der Waals surface area (Å²) in [5.41, 5.74) is 1.63. The molecule has 0 saturated heterocycles. The molecule has 4 nitrogen and oxygen atoms in total. The predicted octanol–water partition coefficient (Wildman–Crippen LogP) is 5.05. The third-order valence-electron chi connectivity index (χ3n) is 6.42. The Labute approximate surface area is 173 Å². The van der Waals surface area contributed by atoms with Gasteiger partial charge < -0.3 is 14.6 Å². The minimum Gasteiger partial charge on any atom is -0.497 e. The number of benzene rings is 2. The van der Waals surface area contributed by atoms with Crippen molar-refractivity contribution in [3.8, 4) is 5.75 Å². The predicted molar refractivity (Wildman–Crippen MR) is 114 cm³/mol. The van der Waals surface area contributed by atoms with Gasteiger partial charge in [-0.15, -0.1) is 0 Å². The maximum atomic E-state index is 12.8. The van der Waals surface area contributed by atoms with Crippen molar-refractivity contribution in [2.24, 2.45) is 11.8 Å². The van der Waals surface area contributed by atoms with Gasteiger partial charge in [0.05, 0.1) is 7.11 Å². The summed E-state index contributed by atoms with van der Waals surface area (Å²) in [5.74, 6) is 0.796. The van der Waals surface area contributed by atoms with Gasteiger partial charge in [-0.3, -0.25) is 0 Å². The second-order valence-electron chi connectivity index (χ2n) is 8.76. The quantitative estimate of drug-likeness (QED) is 0.694. The Hall–Kier alpha value is -2.33. The third-order valence-corrected chi connectivity index (χ3v) is 6.42. The Morgan fingerprint density at radius 2 is 1.72 bits per heavy atom. The molecule has 0 amide bonds. The molecular weight excluding hydrogens is 364 g/mol. The van der Waals surface area contributed by atoms with Crippen LogP contribution in [0.2, 0.25) is 0 Å². The van der Waals surface area contributed by atoms with Crippen LogP contribution >= 0.6 is 0 Å². The molecule has 0 heterocycles. The molecule has 0 aliphatic heterocycles. The number of esters is 1. The highest BCUT2D eigenvalue weighted by Crippen LogP contribution is 2.44. The average Bonchev–Trinajstić information content (AvgIpc) is 2.73. The molecule has 1 fully saturated rings. The minimum atomic E-state index is -1.29. The first-order valence-corrected chi connectivity index (χ1v) is 10.4. The first-order valence-electron chi connectivity index (χ1n) is 10.4. The molecule has 156 valence electrons. The second kappa shape index (κ2) is 9.00. The minimum absolute atomic E-state index is 0.128. The largest absolute Gasteiger partial charge is 0.497 e. The van der Waals surface area contributed by atoms with E-state index in [-0.39, 0.29) is 17.4 Å². The van der Waals surface area contributed by atoms with Crippen LogP contribution in [-0.2, 0) is 14.9 Å². The fourth-order valence-electron chi connectivity index (χ4n) is 4.50. The summed E-state index contributed by atoms with van der Waals surface area (Å²) >= 11 is 0. The summed E-state index contributed by atoms with van der Waals surface area (Å²) < 4.78 is 11.1.